The smallest absolute Gasteiger partial charge is 0.307 e. The van der Waals surface area contributed by atoms with Crippen LogP contribution in [0.25, 0.3) is 0 Å². The highest BCUT2D eigenvalue weighted by Gasteiger charge is 2.43. The molecule has 1 aliphatic carbocycles. The van der Waals surface area contributed by atoms with Crippen molar-refractivity contribution in [2.24, 2.45) is 17.8 Å². The molecule has 1 fully saturated rings. The summed E-state index contributed by atoms with van der Waals surface area (Å²) in [5.41, 5.74) is 0. The second-order valence-electron chi connectivity index (χ2n) is 5.62. The van der Waals surface area contributed by atoms with Gasteiger partial charge in [0.15, 0.2) is 0 Å². The van der Waals surface area contributed by atoms with Crippen LogP contribution in [0.5, 0.6) is 0 Å². The molecule has 1 unspecified atom stereocenters. The average Bonchev–Trinajstić information content (AvgIpc) is 2.82. The monoisotopic (exact) mass is 269 g/mol. The molecule has 1 saturated carbocycles. The molecular weight excluding hydrogens is 242 g/mol. The number of nitrogens with zero attached hydrogens (tertiary/aromatic N) is 1. The van der Waals surface area contributed by atoms with Gasteiger partial charge in [-0.25, -0.2) is 0 Å². The number of carbonyl (C=O) groups is 2. The van der Waals surface area contributed by atoms with Gasteiger partial charge >= 0.3 is 5.97 Å². The molecule has 4 heteroatoms. The van der Waals surface area contributed by atoms with Gasteiger partial charge < -0.3 is 10.0 Å². The van der Waals surface area contributed by atoms with E-state index in [9.17, 15) is 14.7 Å². The maximum Gasteiger partial charge on any atom is 0.307 e. The highest BCUT2D eigenvalue weighted by molar-refractivity contribution is 5.85. The maximum absolute atomic E-state index is 12.6. The summed E-state index contributed by atoms with van der Waals surface area (Å²) in [6, 6.07) is 0. The molecule has 1 N–H and O–H groups in total. The molecule has 0 aromatic rings. The first-order valence-electron chi connectivity index (χ1n) is 7.56. The highest BCUT2D eigenvalue weighted by Crippen LogP contribution is 2.39. The minimum absolute atomic E-state index is 0.0621. The molecule has 0 spiro atoms. The predicted octanol–water partition coefficient (Wildman–Crippen LogP) is 2.77. The number of rotatable bonds is 7. The average molecular weight is 269 g/mol. The lowest BCUT2D eigenvalue weighted by atomic mass is 9.94. The van der Waals surface area contributed by atoms with Crippen molar-refractivity contribution in [2.45, 2.75) is 52.9 Å². The normalized spacial score (nSPS) is 26.4. The Kier molecular flexibility index (Phi) is 6.32. The second-order valence-corrected chi connectivity index (χ2v) is 5.62. The minimum atomic E-state index is -0.803. The van der Waals surface area contributed by atoms with E-state index >= 15 is 0 Å². The van der Waals surface area contributed by atoms with E-state index in [4.69, 9.17) is 0 Å². The Morgan fingerprint density at radius 3 is 2.00 bits per heavy atom. The zero-order valence-corrected chi connectivity index (χ0v) is 12.4. The Labute approximate surface area is 116 Å². The first-order valence-corrected chi connectivity index (χ1v) is 7.56. The molecule has 0 bridgehead atoms. The van der Waals surface area contributed by atoms with Crippen molar-refractivity contribution in [3.63, 3.8) is 0 Å². The van der Waals surface area contributed by atoms with Gasteiger partial charge in [0, 0.05) is 13.1 Å². The molecule has 0 aliphatic heterocycles. The number of carboxylic acids is 1. The van der Waals surface area contributed by atoms with Gasteiger partial charge in [-0.3, -0.25) is 9.59 Å². The number of carboxylic acid groups (broad SMARTS) is 1. The van der Waals surface area contributed by atoms with Crippen molar-refractivity contribution < 1.29 is 14.7 Å². The van der Waals surface area contributed by atoms with Crippen LogP contribution in [0.3, 0.4) is 0 Å². The zero-order chi connectivity index (χ0) is 14.4. The molecule has 0 aromatic heterocycles. The summed E-state index contributed by atoms with van der Waals surface area (Å²) in [7, 11) is 0. The maximum atomic E-state index is 12.6. The third kappa shape index (κ3) is 3.95. The van der Waals surface area contributed by atoms with Crippen molar-refractivity contribution in [2.75, 3.05) is 13.1 Å². The molecule has 1 aliphatic rings. The Bertz CT molecular complexity index is 311. The summed E-state index contributed by atoms with van der Waals surface area (Å²) < 4.78 is 0. The molecule has 1 amide bonds. The van der Waals surface area contributed by atoms with Crippen molar-refractivity contribution in [3.8, 4) is 0 Å². The SMILES string of the molecule is CCCN(CCC)C(=O)[C@H]1CC(CC)C[C@H]1C(=O)O. The number of amides is 1. The fourth-order valence-electron chi connectivity index (χ4n) is 3.13. The summed E-state index contributed by atoms with van der Waals surface area (Å²) in [4.78, 5) is 25.8. The van der Waals surface area contributed by atoms with Gasteiger partial charge in [-0.2, -0.15) is 0 Å². The standard InChI is InChI=1S/C15H27NO3/c1-4-7-16(8-5-2)14(17)12-9-11(6-3)10-13(12)15(18)19/h11-13H,4-10H2,1-3H3,(H,18,19)/t11?,12-,13+/m0/s1. The van der Waals surface area contributed by atoms with Gasteiger partial charge in [-0.15, -0.1) is 0 Å². The van der Waals surface area contributed by atoms with Crippen molar-refractivity contribution >= 4 is 11.9 Å². The van der Waals surface area contributed by atoms with E-state index < -0.39 is 11.9 Å². The van der Waals surface area contributed by atoms with E-state index in [0.29, 0.717) is 12.3 Å². The summed E-state index contributed by atoms with van der Waals surface area (Å²) in [6.45, 7) is 7.66. The lowest BCUT2D eigenvalue weighted by Gasteiger charge is -2.26. The van der Waals surface area contributed by atoms with Crippen LogP contribution in [-0.2, 0) is 9.59 Å². The highest BCUT2D eigenvalue weighted by atomic mass is 16.4. The van der Waals surface area contributed by atoms with Crippen molar-refractivity contribution in [1.82, 2.24) is 4.90 Å². The van der Waals surface area contributed by atoms with Crippen LogP contribution >= 0.6 is 0 Å². The summed E-state index contributed by atoms with van der Waals surface area (Å²) in [5.74, 6) is -1.14. The Morgan fingerprint density at radius 2 is 1.58 bits per heavy atom. The van der Waals surface area contributed by atoms with Crippen LogP contribution in [0.15, 0.2) is 0 Å². The Hall–Kier alpha value is -1.06. The van der Waals surface area contributed by atoms with Crippen LogP contribution in [-0.4, -0.2) is 35.0 Å². The molecule has 1 rings (SSSR count). The zero-order valence-electron chi connectivity index (χ0n) is 12.4. The number of carbonyl (C=O) groups excluding carboxylic acids is 1. The largest absolute Gasteiger partial charge is 0.481 e. The Morgan fingerprint density at radius 1 is 1.05 bits per heavy atom. The summed E-state index contributed by atoms with van der Waals surface area (Å²) in [6.07, 6.45) is 4.22. The van der Waals surface area contributed by atoms with Gasteiger partial charge in [0.25, 0.3) is 0 Å². The van der Waals surface area contributed by atoms with Crippen LogP contribution in [0.1, 0.15) is 52.9 Å². The quantitative estimate of drug-likeness (QED) is 0.773. The molecule has 4 nitrogen and oxygen atoms in total. The molecule has 19 heavy (non-hydrogen) atoms. The molecule has 0 heterocycles. The van der Waals surface area contributed by atoms with Gasteiger partial charge in [-0.1, -0.05) is 27.2 Å². The van der Waals surface area contributed by atoms with Crippen LogP contribution in [0, 0.1) is 17.8 Å². The van der Waals surface area contributed by atoms with E-state index in [-0.39, 0.29) is 11.8 Å². The van der Waals surface area contributed by atoms with Crippen molar-refractivity contribution in [1.29, 1.82) is 0 Å². The molecule has 0 aromatic carbocycles. The fraction of sp³-hybridized carbons (Fsp3) is 0.867. The number of hydrogen-bond acceptors (Lipinski definition) is 2. The lowest BCUT2D eigenvalue weighted by molar-refractivity contribution is -0.149. The van der Waals surface area contributed by atoms with Crippen LogP contribution in [0.4, 0.5) is 0 Å². The van der Waals surface area contributed by atoms with Gasteiger partial charge in [-0.05, 0) is 31.6 Å². The first-order chi connectivity index (χ1) is 9.04. The van der Waals surface area contributed by atoms with E-state index in [1.54, 1.807) is 0 Å². The first kappa shape index (κ1) is 16.0. The third-order valence-electron chi connectivity index (χ3n) is 4.17. The fourth-order valence-corrected chi connectivity index (χ4v) is 3.13. The van der Waals surface area contributed by atoms with Crippen LogP contribution in [0.2, 0.25) is 0 Å². The molecule has 0 saturated heterocycles. The number of aliphatic carboxylic acids is 1. The molecule has 110 valence electrons. The van der Waals surface area contributed by atoms with E-state index in [1.165, 1.54) is 0 Å². The van der Waals surface area contributed by atoms with E-state index in [1.807, 2.05) is 18.7 Å². The van der Waals surface area contributed by atoms with Gasteiger partial charge in [0.05, 0.1) is 11.8 Å². The predicted molar refractivity (Wildman–Crippen MR) is 74.8 cm³/mol. The molecule has 3 atom stereocenters. The summed E-state index contributed by atoms with van der Waals surface area (Å²) in [5, 5.41) is 9.32. The molecular formula is C15H27NO3. The van der Waals surface area contributed by atoms with E-state index in [2.05, 4.69) is 6.92 Å². The topological polar surface area (TPSA) is 57.6 Å². The summed E-state index contributed by atoms with van der Waals surface area (Å²) >= 11 is 0. The lowest BCUT2D eigenvalue weighted by Crippen LogP contribution is -2.40. The number of hydrogen-bond donors (Lipinski definition) is 1. The van der Waals surface area contributed by atoms with Crippen LogP contribution < -0.4 is 0 Å². The Balaban J connectivity index is 2.79. The molecule has 0 radical (unpaired) electrons. The third-order valence-corrected chi connectivity index (χ3v) is 4.17. The van der Waals surface area contributed by atoms with E-state index in [0.717, 1.165) is 38.8 Å². The second kappa shape index (κ2) is 7.51. The minimum Gasteiger partial charge on any atom is -0.481 e. The van der Waals surface area contributed by atoms with Gasteiger partial charge in [0.2, 0.25) is 5.91 Å². The van der Waals surface area contributed by atoms with Crippen molar-refractivity contribution in [3.05, 3.63) is 0 Å². The van der Waals surface area contributed by atoms with Gasteiger partial charge in [0.1, 0.15) is 0 Å².